The van der Waals surface area contributed by atoms with Gasteiger partial charge >= 0.3 is 0 Å². The predicted molar refractivity (Wildman–Crippen MR) is 79.2 cm³/mol. The molecule has 1 amide bonds. The molecular formula is C12H11IN4O. The second-order valence-electron chi connectivity index (χ2n) is 3.53. The Bertz CT molecular complexity index is 574. The van der Waals surface area contributed by atoms with E-state index in [-0.39, 0.29) is 5.91 Å². The van der Waals surface area contributed by atoms with Crippen molar-refractivity contribution < 1.29 is 4.79 Å². The Labute approximate surface area is 118 Å². The Morgan fingerprint density at radius 1 is 1.33 bits per heavy atom. The summed E-state index contributed by atoms with van der Waals surface area (Å²) in [5.41, 5.74) is 4.13. The molecule has 6 heteroatoms. The Balaban J connectivity index is 2.22. The highest BCUT2D eigenvalue weighted by atomic mass is 127. The summed E-state index contributed by atoms with van der Waals surface area (Å²) in [7, 11) is 0. The van der Waals surface area contributed by atoms with E-state index < -0.39 is 0 Å². The van der Waals surface area contributed by atoms with Crippen molar-refractivity contribution in [3.63, 3.8) is 0 Å². The number of hydrogen-bond acceptors (Lipinski definition) is 4. The van der Waals surface area contributed by atoms with Gasteiger partial charge in [0.2, 0.25) is 0 Å². The number of anilines is 2. The normalized spacial score (nSPS) is 9.89. The number of hydrogen-bond donors (Lipinski definition) is 3. The lowest BCUT2D eigenvalue weighted by molar-refractivity contribution is 0.102. The van der Waals surface area contributed by atoms with Crippen LogP contribution in [0.3, 0.4) is 0 Å². The molecule has 92 valence electrons. The lowest BCUT2D eigenvalue weighted by Crippen LogP contribution is -2.17. The van der Waals surface area contributed by atoms with E-state index in [9.17, 15) is 4.79 Å². The molecule has 1 aromatic carbocycles. The molecule has 5 nitrogen and oxygen atoms in total. The number of carbonyl (C=O) groups excluding carboxylic acids is 1. The van der Waals surface area contributed by atoms with Crippen LogP contribution in [-0.2, 0) is 0 Å². The van der Waals surface area contributed by atoms with Crippen LogP contribution in [0.1, 0.15) is 10.4 Å². The highest BCUT2D eigenvalue weighted by Gasteiger charge is 2.10. The summed E-state index contributed by atoms with van der Waals surface area (Å²) in [6.45, 7) is 0. The van der Waals surface area contributed by atoms with Gasteiger partial charge < -0.3 is 10.7 Å². The zero-order chi connectivity index (χ0) is 13.0. The van der Waals surface area contributed by atoms with Crippen molar-refractivity contribution in [1.29, 1.82) is 0 Å². The van der Waals surface area contributed by atoms with E-state index in [0.29, 0.717) is 11.3 Å². The van der Waals surface area contributed by atoms with E-state index in [4.69, 9.17) is 5.84 Å². The molecule has 0 spiro atoms. The first-order valence-corrected chi connectivity index (χ1v) is 6.26. The molecule has 4 N–H and O–H groups in total. The molecule has 0 unspecified atom stereocenters. The molecule has 0 bridgehead atoms. The second-order valence-corrected chi connectivity index (χ2v) is 4.78. The summed E-state index contributed by atoms with van der Waals surface area (Å²) in [6, 6.07) is 9.16. The highest BCUT2D eigenvalue weighted by Crippen LogP contribution is 2.16. The molecule has 0 atom stereocenters. The lowest BCUT2D eigenvalue weighted by Gasteiger charge is -2.09. The molecule has 0 aliphatic rings. The van der Waals surface area contributed by atoms with Gasteiger partial charge in [-0.2, -0.15) is 0 Å². The first-order chi connectivity index (χ1) is 8.70. The number of pyridine rings is 1. The van der Waals surface area contributed by atoms with Crippen LogP contribution in [0, 0.1) is 3.57 Å². The van der Waals surface area contributed by atoms with Gasteiger partial charge in [-0.05, 0) is 46.9 Å². The van der Waals surface area contributed by atoms with E-state index >= 15 is 0 Å². The fourth-order valence-corrected chi connectivity index (χ4v) is 2.02. The summed E-state index contributed by atoms with van der Waals surface area (Å²) in [6.07, 6.45) is 3.05. The van der Waals surface area contributed by atoms with Gasteiger partial charge in [0.25, 0.3) is 5.91 Å². The standard InChI is InChI=1S/C12H11IN4O/c13-8-2-1-3-9(6-8)16-12(18)10-4-5-15-7-11(10)17-14/h1-7,17H,14H2,(H,16,18). The van der Waals surface area contributed by atoms with Crippen molar-refractivity contribution in [1.82, 2.24) is 4.98 Å². The molecule has 0 radical (unpaired) electrons. The number of nitrogen functional groups attached to an aromatic ring is 1. The summed E-state index contributed by atoms with van der Waals surface area (Å²) >= 11 is 2.19. The third kappa shape index (κ3) is 2.96. The topological polar surface area (TPSA) is 80.0 Å². The molecular weight excluding hydrogens is 343 g/mol. The molecule has 2 rings (SSSR count). The monoisotopic (exact) mass is 354 g/mol. The average molecular weight is 354 g/mol. The summed E-state index contributed by atoms with van der Waals surface area (Å²) in [4.78, 5) is 16.0. The van der Waals surface area contributed by atoms with Crippen LogP contribution in [0.25, 0.3) is 0 Å². The number of amides is 1. The van der Waals surface area contributed by atoms with Crippen LogP contribution < -0.4 is 16.6 Å². The minimum atomic E-state index is -0.229. The van der Waals surface area contributed by atoms with Crippen molar-refractivity contribution in [3.05, 3.63) is 51.9 Å². The Morgan fingerprint density at radius 2 is 2.17 bits per heavy atom. The summed E-state index contributed by atoms with van der Waals surface area (Å²) < 4.78 is 1.05. The lowest BCUT2D eigenvalue weighted by atomic mass is 10.2. The third-order valence-corrected chi connectivity index (χ3v) is 2.97. The number of rotatable bonds is 3. The zero-order valence-electron chi connectivity index (χ0n) is 9.35. The maximum atomic E-state index is 12.1. The van der Waals surface area contributed by atoms with Crippen LogP contribution in [0.15, 0.2) is 42.7 Å². The predicted octanol–water partition coefficient (Wildman–Crippen LogP) is 2.22. The van der Waals surface area contributed by atoms with Gasteiger partial charge in [0.1, 0.15) is 0 Å². The van der Waals surface area contributed by atoms with Crippen LogP contribution >= 0.6 is 22.6 Å². The first kappa shape index (κ1) is 12.8. The van der Waals surface area contributed by atoms with E-state index in [2.05, 4.69) is 38.3 Å². The fraction of sp³-hybridized carbons (Fsp3) is 0. The first-order valence-electron chi connectivity index (χ1n) is 5.18. The van der Waals surface area contributed by atoms with Gasteiger partial charge in [-0.25, -0.2) is 0 Å². The molecule has 2 aromatic rings. The Hall–Kier alpha value is -1.67. The quantitative estimate of drug-likeness (QED) is 0.449. The van der Waals surface area contributed by atoms with Crippen molar-refractivity contribution in [2.45, 2.75) is 0 Å². The fourth-order valence-electron chi connectivity index (χ4n) is 1.47. The molecule has 1 aromatic heterocycles. The van der Waals surface area contributed by atoms with Gasteiger partial charge in [-0.15, -0.1) is 0 Å². The molecule has 1 heterocycles. The molecule has 0 fully saturated rings. The van der Waals surface area contributed by atoms with E-state index in [1.54, 1.807) is 12.3 Å². The van der Waals surface area contributed by atoms with Gasteiger partial charge in [0.05, 0.1) is 17.4 Å². The number of nitrogens with two attached hydrogens (primary N) is 1. The zero-order valence-corrected chi connectivity index (χ0v) is 11.5. The van der Waals surface area contributed by atoms with Gasteiger partial charge in [0, 0.05) is 15.5 Å². The van der Waals surface area contributed by atoms with Crippen LogP contribution in [-0.4, -0.2) is 10.9 Å². The van der Waals surface area contributed by atoms with Crippen molar-refractivity contribution >= 4 is 39.9 Å². The number of nitrogens with zero attached hydrogens (tertiary/aromatic N) is 1. The second kappa shape index (κ2) is 5.78. The van der Waals surface area contributed by atoms with Crippen LogP contribution in [0.5, 0.6) is 0 Å². The van der Waals surface area contributed by atoms with Gasteiger partial charge in [-0.1, -0.05) is 6.07 Å². The number of nitrogens with one attached hydrogen (secondary N) is 2. The maximum absolute atomic E-state index is 12.1. The molecule has 0 aliphatic carbocycles. The van der Waals surface area contributed by atoms with Gasteiger partial charge in [-0.3, -0.25) is 15.6 Å². The van der Waals surface area contributed by atoms with Crippen LogP contribution in [0.2, 0.25) is 0 Å². The van der Waals surface area contributed by atoms with E-state index in [1.807, 2.05) is 24.3 Å². The number of carbonyl (C=O) groups is 1. The Morgan fingerprint density at radius 3 is 2.89 bits per heavy atom. The molecule has 0 saturated heterocycles. The number of aromatic nitrogens is 1. The SMILES string of the molecule is NNc1cnccc1C(=O)Nc1cccc(I)c1. The molecule has 0 saturated carbocycles. The minimum absolute atomic E-state index is 0.229. The molecule has 0 aliphatic heterocycles. The largest absolute Gasteiger partial charge is 0.322 e. The van der Waals surface area contributed by atoms with Crippen molar-refractivity contribution in [2.75, 3.05) is 10.7 Å². The average Bonchev–Trinajstić information content (AvgIpc) is 2.38. The summed E-state index contributed by atoms with van der Waals surface area (Å²) in [5, 5.41) is 2.81. The third-order valence-electron chi connectivity index (χ3n) is 2.30. The van der Waals surface area contributed by atoms with Crippen molar-refractivity contribution in [2.24, 2.45) is 5.84 Å². The maximum Gasteiger partial charge on any atom is 0.257 e. The highest BCUT2D eigenvalue weighted by molar-refractivity contribution is 14.1. The van der Waals surface area contributed by atoms with Gasteiger partial charge in [0.15, 0.2) is 0 Å². The van der Waals surface area contributed by atoms with Crippen LogP contribution in [0.4, 0.5) is 11.4 Å². The number of benzene rings is 1. The van der Waals surface area contributed by atoms with Crippen molar-refractivity contribution in [3.8, 4) is 0 Å². The minimum Gasteiger partial charge on any atom is -0.322 e. The Kier molecular flexibility index (Phi) is 4.11. The number of hydrazine groups is 1. The number of halogens is 1. The van der Waals surface area contributed by atoms with E-state index in [0.717, 1.165) is 9.26 Å². The van der Waals surface area contributed by atoms with E-state index in [1.165, 1.54) is 6.20 Å². The smallest absolute Gasteiger partial charge is 0.257 e. The molecule has 18 heavy (non-hydrogen) atoms. The summed E-state index contributed by atoms with van der Waals surface area (Å²) in [5.74, 6) is 5.11.